The smallest absolute Gasteiger partial charge is 0.223 e. The fourth-order valence-corrected chi connectivity index (χ4v) is 1.60. The Morgan fingerprint density at radius 3 is 2.69 bits per heavy atom. The Kier molecular flexibility index (Phi) is 7.09. The van der Waals surface area contributed by atoms with Crippen LogP contribution in [0.4, 0.5) is 0 Å². The second kappa shape index (κ2) is 7.21. The number of carbonyl (C=O) groups is 1. The normalized spacial score (nSPS) is 12.6. The molecule has 0 aliphatic rings. The van der Waals surface area contributed by atoms with Crippen molar-refractivity contribution in [3.8, 4) is 0 Å². The van der Waals surface area contributed by atoms with E-state index < -0.39 is 0 Å². The lowest BCUT2D eigenvalue weighted by atomic mass is 10.2. The average molecular weight is 204 g/mol. The summed E-state index contributed by atoms with van der Waals surface area (Å²) in [5.41, 5.74) is 5.32. The van der Waals surface area contributed by atoms with Crippen molar-refractivity contribution in [2.75, 3.05) is 25.6 Å². The van der Waals surface area contributed by atoms with Crippen LogP contribution >= 0.6 is 11.8 Å². The number of rotatable bonds is 6. The van der Waals surface area contributed by atoms with Gasteiger partial charge in [-0.1, -0.05) is 0 Å². The fourth-order valence-electron chi connectivity index (χ4n) is 1.03. The summed E-state index contributed by atoms with van der Waals surface area (Å²) in [5, 5.41) is 0. The van der Waals surface area contributed by atoms with Gasteiger partial charge in [-0.15, -0.1) is 0 Å². The Balaban J connectivity index is 3.79. The molecule has 0 fully saturated rings. The lowest BCUT2D eigenvalue weighted by Crippen LogP contribution is -2.36. The van der Waals surface area contributed by atoms with Gasteiger partial charge < -0.3 is 10.6 Å². The van der Waals surface area contributed by atoms with Gasteiger partial charge in [-0.25, -0.2) is 0 Å². The first kappa shape index (κ1) is 12.8. The molecule has 0 aliphatic carbocycles. The molecule has 1 amide bonds. The monoisotopic (exact) mass is 204 g/mol. The van der Waals surface area contributed by atoms with E-state index in [1.54, 1.807) is 4.90 Å². The molecule has 0 aromatic carbocycles. The predicted molar refractivity (Wildman–Crippen MR) is 58.9 cm³/mol. The van der Waals surface area contributed by atoms with Crippen LogP contribution in [0.15, 0.2) is 0 Å². The van der Waals surface area contributed by atoms with Gasteiger partial charge in [0.1, 0.15) is 0 Å². The Hall–Kier alpha value is -0.220. The van der Waals surface area contributed by atoms with Crippen molar-refractivity contribution >= 4 is 17.7 Å². The highest BCUT2D eigenvalue weighted by atomic mass is 32.2. The van der Waals surface area contributed by atoms with Gasteiger partial charge in [-0.2, -0.15) is 11.8 Å². The molecular weight excluding hydrogens is 184 g/mol. The summed E-state index contributed by atoms with van der Waals surface area (Å²) in [4.78, 5) is 13.2. The van der Waals surface area contributed by atoms with Crippen LogP contribution in [0.1, 0.15) is 19.8 Å². The summed E-state index contributed by atoms with van der Waals surface area (Å²) in [6, 6.07) is 0.325. The quantitative estimate of drug-likeness (QED) is 0.700. The van der Waals surface area contributed by atoms with E-state index in [1.807, 2.05) is 18.8 Å². The lowest BCUT2D eigenvalue weighted by molar-refractivity contribution is -0.131. The van der Waals surface area contributed by atoms with Gasteiger partial charge in [0.15, 0.2) is 0 Å². The van der Waals surface area contributed by atoms with Gasteiger partial charge in [0.05, 0.1) is 0 Å². The number of nitrogens with two attached hydrogens (primary N) is 1. The van der Waals surface area contributed by atoms with Crippen LogP contribution in [0.3, 0.4) is 0 Å². The zero-order chi connectivity index (χ0) is 10.3. The largest absolute Gasteiger partial charge is 0.343 e. The molecule has 0 radical (unpaired) electrons. The van der Waals surface area contributed by atoms with E-state index in [2.05, 4.69) is 13.2 Å². The molecule has 78 valence electrons. The Morgan fingerprint density at radius 1 is 1.62 bits per heavy atom. The summed E-state index contributed by atoms with van der Waals surface area (Å²) in [5.74, 6) is 1.25. The molecule has 0 saturated carbocycles. The molecule has 0 spiro atoms. The van der Waals surface area contributed by atoms with Crippen LogP contribution in [-0.4, -0.2) is 42.4 Å². The summed E-state index contributed by atoms with van der Waals surface area (Å²) in [6.07, 6.45) is 3.59. The molecule has 1 unspecified atom stereocenters. The van der Waals surface area contributed by atoms with E-state index in [0.29, 0.717) is 19.0 Å². The third kappa shape index (κ3) is 5.16. The zero-order valence-electron chi connectivity index (χ0n) is 8.75. The standard InChI is InChI=1S/C9H20N2OS/c1-8(5-7-13-3)11(2)9(12)4-6-10/h8H,4-7,10H2,1-3H3. The fraction of sp³-hybridized carbons (Fsp3) is 0.889. The number of carbonyl (C=O) groups excluding carboxylic acids is 1. The van der Waals surface area contributed by atoms with Gasteiger partial charge in [0, 0.05) is 26.1 Å². The van der Waals surface area contributed by atoms with Gasteiger partial charge in [-0.3, -0.25) is 4.79 Å². The van der Waals surface area contributed by atoms with Crippen molar-refractivity contribution in [2.24, 2.45) is 5.73 Å². The maximum Gasteiger partial charge on any atom is 0.223 e. The summed E-state index contributed by atoms with van der Waals surface area (Å²) in [7, 11) is 1.85. The summed E-state index contributed by atoms with van der Waals surface area (Å²) < 4.78 is 0. The third-order valence-corrected chi connectivity index (χ3v) is 2.80. The van der Waals surface area contributed by atoms with Crippen molar-refractivity contribution in [1.82, 2.24) is 4.90 Å². The van der Waals surface area contributed by atoms with Gasteiger partial charge in [0.2, 0.25) is 5.91 Å². The molecule has 0 saturated heterocycles. The molecule has 0 heterocycles. The molecule has 1 atom stereocenters. The molecule has 0 aromatic heterocycles. The highest BCUT2D eigenvalue weighted by Crippen LogP contribution is 2.06. The highest BCUT2D eigenvalue weighted by Gasteiger charge is 2.13. The van der Waals surface area contributed by atoms with Crippen molar-refractivity contribution in [3.05, 3.63) is 0 Å². The van der Waals surface area contributed by atoms with E-state index >= 15 is 0 Å². The van der Waals surface area contributed by atoms with Crippen molar-refractivity contribution in [2.45, 2.75) is 25.8 Å². The van der Waals surface area contributed by atoms with Crippen molar-refractivity contribution < 1.29 is 4.79 Å². The van der Waals surface area contributed by atoms with E-state index in [1.165, 1.54) is 0 Å². The Morgan fingerprint density at radius 2 is 2.23 bits per heavy atom. The predicted octanol–water partition coefficient (Wildman–Crippen LogP) is 0.935. The zero-order valence-corrected chi connectivity index (χ0v) is 9.56. The second-order valence-electron chi connectivity index (χ2n) is 3.17. The minimum Gasteiger partial charge on any atom is -0.343 e. The van der Waals surface area contributed by atoms with Crippen molar-refractivity contribution in [1.29, 1.82) is 0 Å². The number of hydrogen-bond donors (Lipinski definition) is 1. The van der Waals surface area contributed by atoms with E-state index in [0.717, 1.165) is 12.2 Å². The summed E-state index contributed by atoms with van der Waals surface area (Å²) >= 11 is 1.81. The van der Waals surface area contributed by atoms with Crippen LogP contribution in [0.2, 0.25) is 0 Å². The molecule has 2 N–H and O–H groups in total. The highest BCUT2D eigenvalue weighted by molar-refractivity contribution is 7.98. The van der Waals surface area contributed by atoms with Gasteiger partial charge in [0.25, 0.3) is 0 Å². The molecule has 0 aromatic rings. The topological polar surface area (TPSA) is 46.3 Å². The molecule has 0 aliphatic heterocycles. The SMILES string of the molecule is CSCCC(C)N(C)C(=O)CCN. The van der Waals surface area contributed by atoms with Gasteiger partial charge >= 0.3 is 0 Å². The number of hydrogen-bond acceptors (Lipinski definition) is 3. The molecule has 3 nitrogen and oxygen atoms in total. The van der Waals surface area contributed by atoms with Crippen LogP contribution in [-0.2, 0) is 4.79 Å². The Bertz CT molecular complexity index is 153. The lowest BCUT2D eigenvalue weighted by Gasteiger charge is -2.24. The molecular formula is C9H20N2OS. The minimum atomic E-state index is 0.149. The van der Waals surface area contributed by atoms with E-state index in [9.17, 15) is 4.79 Å². The first-order valence-electron chi connectivity index (χ1n) is 4.58. The molecule has 4 heteroatoms. The average Bonchev–Trinajstić information content (AvgIpc) is 2.13. The molecule has 0 rings (SSSR count). The number of nitrogens with zero attached hydrogens (tertiary/aromatic N) is 1. The first-order valence-corrected chi connectivity index (χ1v) is 5.97. The Labute approximate surface area is 85.0 Å². The van der Waals surface area contributed by atoms with Crippen LogP contribution in [0, 0.1) is 0 Å². The maximum atomic E-state index is 11.4. The molecule has 13 heavy (non-hydrogen) atoms. The minimum absolute atomic E-state index is 0.149. The number of thioether (sulfide) groups is 1. The van der Waals surface area contributed by atoms with Crippen LogP contribution in [0.25, 0.3) is 0 Å². The first-order chi connectivity index (χ1) is 6.13. The van der Waals surface area contributed by atoms with Crippen LogP contribution < -0.4 is 5.73 Å². The summed E-state index contributed by atoms with van der Waals surface area (Å²) in [6.45, 7) is 2.52. The van der Waals surface area contributed by atoms with Crippen LogP contribution in [0.5, 0.6) is 0 Å². The third-order valence-electron chi connectivity index (χ3n) is 2.15. The second-order valence-corrected chi connectivity index (χ2v) is 4.16. The van der Waals surface area contributed by atoms with Gasteiger partial charge in [-0.05, 0) is 25.4 Å². The van der Waals surface area contributed by atoms with Crippen molar-refractivity contribution in [3.63, 3.8) is 0 Å². The van der Waals surface area contributed by atoms with E-state index in [-0.39, 0.29) is 5.91 Å². The van der Waals surface area contributed by atoms with E-state index in [4.69, 9.17) is 5.73 Å². The number of amides is 1. The maximum absolute atomic E-state index is 11.4. The molecule has 0 bridgehead atoms.